The van der Waals surface area contributed by atoms with Crippen LogP contribution in [0.1, 0.15) is 12.8 Å². The first-order valence-corrected chi connectivity index (χ1v) is 6.66. The van der Waals surface area contributed by atoms with Crippen molar-refractivity contribution in [2.45, 2.75) is 19.4 Å². The van der Waals surface area contributed by atoms with Gasteiger partial charge in [-0.3, -0.25) is 9.59 Å². The summed E-state index contributed by atoms with van der Waals surface area (Å²) in [5.41, 5.74) is 0.0342. The molecular formula is C14H20N2O3. The molecule has 104 valence electrons. The smallest absolute Gasteiger partial charge is 0.308 e. The van der Waals surface area contributed by atoms with E-state index in [1.807, 2.05) is 12.3 Å². The molecule has 0 aliphatic carbocycles. The van der Waals surface area contributed by atoms with E-state index in [-0.39, 0.29) is 17.4 Å². The first-order chi connectivity index (χ1) is 9.20. The number of methoxy groups -OCH3 is 1. The van der Waals surface area contributed by atoms with Crippen molar-refractivity contribution in [2.75, 3.05) is 26.7 Å². The van der Waals surface area contributed by atoms with Crippen LogP contribution in [0, 0.1) is 5.92 Å². The monoisotopic (exact) mass is 264 g/mol. The van der Waals surface area contributed by atoms with Crippen LogP contribution >= 0.6 is 0 Å². The lowest BCUT2D eigenvalue weighted by molar-refractivity contribution is -0.147. The fourth-order valence-corrected chi connectivity index (χ4v) is 2.45. The summed E-state index contributed by atoms with van der Waals surface area (Å²) in [7, 11) is 1.44. The molecule has 5 nitrogen and oxygen atoms in total. The Morgan fingerprint density at radius 2 is 2.05 bits per heavy atom. The first-order valence-electron chi connectivity index (χ1n) is 6.66. The molecule has 1 aromatic heterocycles. The van der Waals surface area contributed by atoms with Crippen molar-refractivity contribution in [2.24, 2.45) is 5.92 Å². The van der Waals surface area contributed by atoms with Gasteiger partial charge in [0.2, 0.25) is 0 Å². The first kappa shape index (κ1) is 13.8. The van der Waals surface area contributed by atoms with E-state index in [9.17, 15) is 9.59 Å². The number of carbonyl (C=O) groups excluding carboxylic acids is 1. The third kappa shape index (κ3) is 3.67. The second-order valence-electron chi connectivity index (χ2n) is 4.87. The third-order valence-electron chi connectivity index (χ3n) is 3.68. The van der Waals surface area contributed by atoms with Crippen molar-refractivity contribution in [3.8, 4) is 0 Å². The maximum Gasteiger partial charge on any atom is 0.308 e. The van der Waals surface area contributed by atoms with E-state index in [1.165, 1.54) is 7.11 Å². The van der Waals surface area contributed by atoms with Gasteiger partial charge in [0.15, 0.2) is 0 Å². The molecule has 1 aliphatic rings. The van der Waals surface area contributed by atoms with Gasteiger partial charge in [0.1, 0.15) is 0 Å². The summed E-state index contributed by atoms with van der Waals surface area (Å²) in [6.07, 6.45) is 3.50. The van der Waals surface area contributed by atoms with Crippen LogP contribution in [0.5, 0.6) is 0 Å². The molecule has 2 rings (SSSR count). The number of piperidine rings is 1. The number of hydrogen-bond donors (Lipinski definition) is 0. The molecular weight excluding hydrogens is 244 g/mol. The molecule has 0 radical (unpaired) electrons. The minimum absolute atomic E-state index is 0.0342. The predicted octanol–water partition coefficient (Wildman–Crippen LogP) is 0.733. The largest absolute Gasteiger partial charge is 0.469 e. The van der Waals surface area contributed by atoms with Crippen LogP contribution in [0.25, 0.3) is 0 Å². The standard InChI is InChI=1S/C14H20N2O3/c1-19-14(18)12-5-8-15(9-6-12)10-11-16-7-3-2-4-13(16)17/h2-4,7,12H,5-6,8-11H2,1H3. The van der Waals surface area contributed by atoms with Crippen molar-refractivity contribution >= 4 is 5.97 Å². The highest BCUT2D eigenvalue weighted by Crippen LogP contribution is 2.18. The average Bonchev–Trinajstić information content (AvgIpc) is 2.46. The zero-order valence-electron chi connectivity index (χ0n) is 11.2. The Morgan fingerprint density at radius 1 is 1.32 bits per heavy atom. The quantitative estimate of drug-likeness (QED) is 0.752. The van der Waals surface area contributed by atoms with Gasteiger partial charge >= 0.3 is 5.97 Å². The molecule has 0 saturated carbocycles. The van der Waals surface area contributed by atoms with Crippen LogP contribution in [0.3, 0.4) is 0 Å². The van der Waals surface area contributed by atoms with Gasteiger partial charge < -0.3 is 14.2 Å². The number of ether oxygens (including phenoxy) is 1. The van der Waals surface area contributed by atoms with Gasteiger partial charge in [-0.15, -0.1) is 0 Å². The molecule has 0 aromatic carbocycles. The highest BCUT2D eigenvalue weighted by molar-refractivity contribution is 5.72. The van der Waals surface area contributed by atoms with Crippen molar-refractivity contribution in [1.82, 2.24) is 9.47 Å². The molecule has 1 fully saturated rings. The lowest BCUT2D eigenvalue weighted by atomic mass is 9.97. The molecule has 0 unspecified atom stereocenters. The lowest BCUT2D eigenvalue weighted by Gasteiger charge is -2.30. The summed E-state index contributed by atoms with van der Waals surface area (Å²) in [6.45, 7) is 3.32. The molecule has 19 heavy (non-hydrogen) atoms. The zero-order valence-corrected chi connectivity index (χ0v) is 11.2. The number of nitrogens with zero attached hydrogens (tertiary/aromatic N) is 2. The summed E-state index contributed by atoms with van der Waals surface area (Å²) in [5, 5.41) is 0. The summed E-state index contributed by atoms with van der Waals surface area (Å²) in [5.74, 6) is -0.0559. The number of likely N-dealkylation sites (tertiary alicyclic amines) is 1. The molecule has 0 atom stereocenters. The number of pyridine rings is 1. The third-order valence-corrected chi connectivity index (χ3v) is 3.68. The van der Waals surface area contributed by atoms with E-state index < -0.39 is 0 Å². The normalized spacial score (nSPS) is 17.3. The van der Waals surface area contributed by atoms with Crippen molar-refractivity contribution in [1.29, 1.82) is 0 Å². The molecule has 5 heteroatoms. The maximum atomic E-state index is 11.6. The Labute approximate surface area is 112 Å². The Balaban J connectivity index is 1.79. The van der Waals surface area contributed by atoms with Gasteiger partial charge in [0.05, 0.1) is 13.0 Å². The topological polar surface area (TPSA) is 51.5 Å². The van der Waals surface area contributed by atoms with E-state index in [4.69, 9.17) is 4.74 Å². The second-order valence-corrected chi connectivity index (χ2v) is 4.87. The summed E-state index contributed by atoms with van der Waals surface area (Å²) in [4.78, 5) is 25.3. The Morgan fingerprint density at radius 3 is 2.68 bits per heavy atom. The Hall–Kier alpha value is -1.62. The maximum absolute atomic E-state index is 11.6. The number of rotatable bonds is 4. The van der Waals surface area contributed by atoms with E-state index in [0.29, 0.717) is 6.54 Å². The fourth-order valence-electron chi connectivity index (χ4n) is 2.45. The molecule has 0 N–H and O–H groups in total. The number of esters is 1. The summed E-state index contributed by atoms with van der Waals surface area (Å²) in [6, 6.07) is 5.19. The lowest BCUT2D eigenvalue weighted by Crippen LogP contribution is -2.39. The Bertz CT molecular complexity index is 476. The minimum atomic E-state index is -0.0982. The van der Waals surface area contributed by atoms with Crippen molar-refractivity contribution < 1.29 is 9.53 Å². The van der Waals surface area contributed by atoms with Gasteiger partial charge in [-0.1, -0.05) is 6.07 Å². The van der Waals surface area contributed by atoms with Crippen LogP contribution in [0.2, 0.25) is 0 Å². The predicted molar refractivity (Wildman–Crippen MR) is 71.9 cm³/mol. The highest BCUT2D eigenvalue weighted by Gasteiger charge is 2.25. The van der Waals surface area contributed by atoms with Gasteiger partial charge in [0.25, 0.3) is 5.56 Å². The second kappa shape index (κ2) is 6.52. The molecule has 1 aliphatic heterocycles. The average molecular weight is 264 g/mol. The molecule has 0 bridgehead atoms. The zero-order chi connectivity index (χ0) is 13.7. The van der Waals surface area contributed by atoms with Crippen molar-refractivity contribution in [3.05, 3.63) is 34.7 Å². The van der Waals surface area contributed by atoms with Gasteiger partial charge in [-0.25, -0.2) is 0 Å². The Kier molecular flexibility index (Phi) is 4.74. The fraction of sp³-hybridized carbons (Fsp3) is 0.571. The molecule has 0 spiro atoms. The summed E-state index contributed by atoms with van der Waals surface area (Å²) >= 11 is 0. The van der Waals surface area contributed by atoms with E-state index in [0.717, 1.165) is 32.5 Å². The minimum Gasteiger partial charge on any atom is -0.469 e. The number of carbonyl (C=O) groups is 1. The molecule has 2 heterocycles. The van der Waals surface area contributed by atoms with Crippen LogP contribution in [-0.4, -0.2) is 42.2 Å². The van der Waals surface area contributed by atoms with Crippen LogP contribution in [0.4, 0.5) is 0 Å². The molecule has 0 amide bonds. The molecule has 1 aromatic rings. The van der Waals surface area contributed by atoms with Crippen LogP contribution < -0.4 is 5.56 Å². The van der Waals surface area contributed by atoms with E-state index >= 15 is 0 Å². The number of aromatic nitrogens is 1. The van der Waals surface area contributed by atoms with Gasteiger partial charge in [0, 0.05) is 25.4 Å². The van der Waals surface area contributed by atoms with Gasteiger partial charge in [-0.05, 0) is 32.0 Å². The summed E-state index contributed by atoms with van der Waals surface area (Å²) < 4.78 is 6.48. The van der Waals surface area contributed by atoms with Crippen LogP contribution in [-0.2, 0) is 16.1 Å². The number of hydrogen-bond acceptors (Lipinski definition) is 4. The van der Waals surface area contributed by atoms with Crippen LogP contribution in [0.15, 0.2) is 29.2 Å². The SMILES string of the molecule is COC(=O)C1CCN(CCn2ccccc2=O)CC1. The van der Waals surface area contributed by atoms with E-state index in [2.05, 4.69) is 4.90 Å². The highest BCUT2D eigenvalue weighted by atomic mass is 16.5. The molecule has 1 saturated heterocycles. The van der Waals surface area contributed by atoms with E-state index in [1.54, 1.807) is 16.7 Å². The van der Waals surface area contributed by atoms with Crippen molar-refractivity contribution in [3.63, 3.8) is 0 Å². The van der Waals surface area contributed by atoms with Gasteiger partial charge in [-0.2, -0.15) is 0 Å².